The predicted molar refractivity (Wildman–Crippen MR) is 49.8 cm³/mol. The summed E-state index contributed by atoms with van der Waals surface area (Å²) >= 11 is 0. The maximum atomic E-state index is 10.6. The monoisotopic (exact) mass is 223 g/mol. The minimum Gasteiger partial charge on any atom is -0.444 e. The van der Waals surface area contributed by atoms with Gasteiger partial charge in [0, 0.05) is 6.08 Å². The lowest BCUT2D eigenvalue weighted by atomic mass is 10.6. The van der Waals surface area contributed by atoms with Crippen molar-refractivity contribution in [2.45, 2.75) is 13.2 Å². The van der Waals surface area contributed by atoms with Gasteiger partial charge in [0.25, 0.3) is 0 Å². The summed E-state index contributed by atoms with van der Waals surface area (Å²) in [7, 11) is 3.67. The fourth-order valence-electron chi connectivity index (χ4n) is 0.322. The van der Waals surface area contributed by atoms with E-state index in [1.165, 1.54) is 0 Å². The molecule has 1 unspecified atom stereocenters. The van der Waals surface area contributed by atoms with Gasteiger partial charge in [-0.1, -0.05) is 6.58 Å². The van der Waals surface area contributed by atoms with Gasteiger partial charge in [-0.05, 0) is 21.0 Å². The third-order valence-corrected chi connectivity index (χ3v) is 1.18. The minimum atomic E-state index is -0.388. The number of nitrogens with zero attached hydrogens (tertiary/aromatic N) is 1. The predicted octanol–water partition coefficient (Wildman–Crippen LogP) is 1.20. The van der Waals surface area contributed by atoms with E-state index >= 15 is 0 Å². The summed E-state index contributed by atoms with van der Waals surface area (Å²) in [6.45, 7) is 5.07. The zero-order valence-corrected chi connectivity index (χ0v) is 8.75. The summed E-state index contributed by atoms with van der Waals surface area (Å²) in [5.41, 5.74) is 0. The van der Waals surface area contributed by atoms with Gasteiger partial charge in [0.05, 0.1) is 0 Å². The number of carbonyl (C=O) groups is 1. The fourth-order valence-corrected chi connectivity index (χ4v) is 0.322. The van der Waals surface area contributed by atoms with E-state index in [0.29, 0.717) is 0 Å². The molecule has 4 heteroatoms. The van der Waals surface area contributed by atoms with Crippen LogP contribution in [0.15, 0.2) is 12.7 Å². The highest BCUT2D eigenvalue weighted by molar-refractivity contribution is 8.93. The van der Waals surface area contributed by atoms with Crippen molar-refractivity contribution in [3.05, 3.63) is 12.7 Å². The Morgan fingerprint density at radius 2 is 2.09 bits per heavy atom. The van der Waals surface area contributed by atoms with Crippen LogP contribution < -0.4 is 0 Å². The molecule has 0 aliphatic heterocycles. The number of hydrogen-bond donors (Lipinski definition) is 0. The maximum absolute atomic E-state index is 10.6. The molecule has 0 aliphatic carbocycles. The van der Waals surface area contributed by atoms with Crippen LogP contribution in [0.5, 0.6) is 0 Å². The van der Waals surface area contributed by atoms with Gasteiger partial charge in [-0.2, -0.15) is 0 Å². The molecule has 0 radical (unpaired) electrons. The smallest absolute Gasteiger partial charge is 0.331 e. The Bertz CT molecular complexity index is 136. The van der Waals surface area contributed by atoms with Crippen molar-refractivity contribution < 1.29 is 9.53 Å². The lowest BCUT2D eigenvalue weighted by molar-refractivity contribution is -0.149. The molecule has 0 fully saturated rings. The van der Waals surface area contributed by atoms with E-state index in [2.05, 4.69) is 6.58 Å². The van der Waals surface area contributed by atoms with Gasteiger partial charge in [-0.25, -0.2) is 4.79 Å². The van der Waals surface area contributed by atoms with E-state index in [0.717, 1.165) is 6.08 Å². The molecule has 0 aromatic carbocycles. The second-order valence-electron chi connectivity index (χ2n) is 2.20. The van der Waals surface area contributed by atoms with Crippen LogP contribution in [0.25, 0.3) is 0 Å². The maximum Gasteiger partial charge on any atom is 0.331 e. The molecule has 0 spiro atoms. The molecule has 0 aromatic heterocycles. The van der Waals surface area contributed by atoms with Crippen molar-refractivity contribution in [3.63, 3.8) is 0 Å². The number of rotatable bonds is 3. The Morgan fingerprint density at radius 1 is 1.64 bits per heavy atom. The van der Waals surface area contributed by atoms with Crippen molar-refractivity contribution in [2.24, 2.45) is 0 Å². The second kappa shape index (κ2) is 6.37. The van der Waals surface area contributed by atoms with Crippen LogP contribution in [0.1, 0.15) is 6.92 Å². The van der Waals surface area contributed by atoms with Crippen LogP contribution >= 0.6 is 17.0 Å². The number of esters is 1. The van der Waals surface area contributed by atoms with Crippen molar-refractivity contribution in [2.75, 3.05) is 14.1 Å². The molecule has 11 heavy (non-hydrogen) atoms. The molecule has 0 N–H and O–H groups in total. The first-order chi connectivity index (χ1) is 4.57. The molecule has 0 bridgehead atoms. The number of carbonyl (C=O) groups excluding carboxylic acids is 1. The van der Waals surface area contributed by atoms with Crippen molar-refractivity contribution in [1.82, 2.24) is 4.90 Å². The molecule has 0 aromatic rings. The van der Waals surface area contributed by atoms with E-state index in [1.807, 2.05) is 14.1 Å². The molecule has 3 nitrogen and oxygen atoms in total. The zero-order valence-electron chi connectivity index (χ0n) is 7.03. The van der Waals surface area contributed by atoms with E-state index in [4.69, 9.17) is 4.74 Å². The molecule has 66 valence electrons. The Morgan fingerprint density at radius 3 is 2.36 bits per heavy atom. The van der Waals surface area contributed by atoms with Crippen LogP contribution in [0.3, 0.4) is 0 Å². The third-order valence-electron chi connectivity index (χ3n) is 1.18. The summed E-state index contributed by atoms with van der Waals surface area (Å²) in [4.78, 5) is 12.4. The standard InChI is InChI=1S/C7H13NO2.BrH/c1-5-7(9)10-6(2)8(3)4;/h5-6H,1H2,2-4H3;1H. The highest BCUT2D eigenvalue weighted by Crippen LogP contribution is 1.94. The number of hydrogen-bond acceptors (Lipinski definition) is 3. The van der Waals surface area contributed by atoms with Gasteiger partial charge in [0.15, 0.2) is 6.23 Å². The quantitative estimate of drug-likeness (QED) is 0.410. The Hall–Kier alpha value is -0.350. The van der Waals surface area contributed by atoms with Crippen LogP contribution in [-0.2, 0) is 9.53 Å². The van der Waals surface area contributed by atoms with Crippen molar-refractivity contribution in [3.8, 4) is 0 Å². The highest BCUT2D eigenvalue weighted by atomic mass is 79.9. The van der Waals surface area contributed by atoms with E-state index in [9.17, 15) is 4.79 Å². The normalized spacial score (nSPS) is 11.6. The summed E-state index contributed by atoms with van der Waals surface area (Å²) in [5, 5.41) is 0. The second-order valence-corrected chi connectivity index (χ2v) is 2.20. The Balaban J connectivity index is 0. The van der Waals surface area contributed by atoms with Gasteiger partial charge >= 0.3 is 5.97 Å². The van der Waals surface area contributed by atoms with Gasteiger partial charge in [0.1, 0.15) is 0 Å². The molecular formula is C7H14BrNO2. The molecule has 0 rings (SSSR count). The Kier molecular flexibility index (Phi) is 7.67. The van der Waals surface area contributed by atoms with Gasteiger partial charge in [0.2, 0.25) is 0 Å². The van der Waals surface area contributed by atoms with Crippen LogP contribution in [-0.4, -0.2) is 31.2 Å². The summed E-state index contributed by atoms with van der Waals surface area (Å²) in [6.07, 6.45) is 0.963. The molecule has 1 atom stereocenters. The molecular weight excluding hydrogens is 210 g/mol. The zero-order chi connectivity index (χ0) is 8.15. The van der Waals surface area contributed by atoms with Crippen molar-refractivity contribution >= 4 is 23.0 Å². The van der Waals surface area contributed by atoms with Crippen LogP contribution in [0, 0.1) is 0 Å². The lowest BCUT2D eigenvalue weighted by Gasteiger charge is -2.18. The van der Waals surface area contributed by atoms with Gasteiger partial charge in [-0.3, -0.25) is 4.90 Å². The van der Waals surface area contributed by atoms with Crippen LogP contribution in [0.2, 0.25) is 0 Å². The van der Waals surface area contributed by atoms with Crippen molar-refractivity contribution in [1.29, 1.82) is 0 Å². The topological polar surface area (TPSA) is 29.5 Å². The summed E-state index contributed by atoms with van der Waals surface area (Å²) < 4.78 is 4.83. The average molecular weight is 224 g/mol. The SMILES string of the molecule is Br.C=CC(=O)OC(C)N(C)C. The number of ether oxygens (including phenoxy) is 1. The Labute approximate surface area is 77.8 Å². The molecule has 0 heterocycles. The lowest BCUT2D eigenvalue weighted by Crippen LogP contribution is -2.29. The first kappa shape index (κ1) is 13.3. The van der Waals surface area contributed by atoms with E-state index in [1.54, 1.807) is 11.8 Å². The molecule has 0 amide bonds. The van der Waals surface area contributed by atoms with E-state index in [-0.39, 0.29) is 29.2 Å². The van der Waals surface area contributed by atoms with Crippen LogP contribution in [0.4, 0.5) is 0 Å². The molecule has 0 saturated carbocycles. The summed E-state index contributed by atoms with van der Waals surface area (Å²) in [6, 6.07) is 0. The minimum absolute atomic E-state index is 0. The first-order valence-electron chi connectivity index (χ1n) is 3.07. The molecule has 0 saturated heterocycles. The van der Waals surface area contributed by atoms with E-state index < -0.39 is 0 Å². The fraction of sp³-hybridized carbons (Fsp3) is 0.571. The van der Waals surface area contributed by atoms with Gasteiger partial charge in [-0.15, -0.1) is 17.0 Å². The largest absolute Gasteiger partial charge is 0.444 e. The highest BCUT2D eigenvalue weighted by Gasteiger charge is 2.06. The summed E-state index contributed by atoms with van der Waals surface area (Å²) in [5.74, 6) is -0.388. The van der Waals surface area contributed by atoms with Gasteiger partial charge < -0.3 is 4.74 Å². The average Bonchev–Trinajstić information content (AvgIpc) is 1.87. The number of halogens is 1. The first-order valence-corrected chi connectivity index (χ1v) is 3.07. The third kappa shape index (κ3) is 6.06. The molecule has 0 aliphatic rings.